The normalized spacial score (nSPS) is 12.4. The van der Waals surface area contributed by atoms with Crippen LogP contribution in [0, 0.1) is 0 Å². The van der Waals surface area contributed by atoms with Gasteiger partial charge < -0.3 is 20.8 Å². The molecule has 0 spiro atoms. The number of amides is 1. The van der Waals surface area contributed by atoms with Crippen molar-refractivity contribution in [1.29, 1.82) is 0 Å². The van der Waals surface area contributed by atoms with Crippen LogP contribution in [0.1, 0.15) is 42.2 Å². The molecule has 1 amide bonds. The molecule has 26 heavy (non-hydrogen) atoms. The second kappa shape index (κ2) is 7.47. The molecule has 3 rings (SSSR count). The molecule has 1 aliphatic carbocycles. The van der Waals surface area contributed by atoms with Crippen LogP contribution in [0.2, 0.25) is 0 Å². The molecule has 4 N–H and O–H groups in total. The van der Waals surface area contributed by atoms with Crippen LogP contribution in [0.5, 0.6) is 0 Å². The number of aliphatic hydroxyl groups is 2. The summed E-state index contributed by atoms with van der Waals surface area (Å²) >= 11 is 0. The molecule has 134 valence electrons. The summed E-state index contributed by atoms with van der Waals surface area (Å²) in [5, 5.41) is 23.4. The van der Waals surface area contributed by atoms with Crippen molar-refractivity contribution in [3.63, 3.8) is 0 Å². The molecule has 2 aromatic carbocycles. The van der Waals surface area contributed by atoms with E-state index in [9.17, 15) is 14.4 Å². The predicted octanol–water partition coefficient (Wildman–Crippen LogP) is 0.588. The van der Waals surface area contributed by atoms with E-state index in [2.05, 4.69) is 10.6 Å². The van der Waals surface area contributed by atoms with Crippen molar-refractivity contribution >= 4 is 23.2 Å². The van der Waals surface area contributed by atoms with E-state index >= 15 is 0 Å². The Balaban J connectivity index is 2.16. The molecule has 0 atom stereocenters. The summed E-state index contributed by atoms with van der Waals surface area (Å²) in [6.07, 6.45) is 0. The van der Waals surface area contributed by atoms with Crippen LogP contribution in [0.3, 0.4) is 0 Å². The van der Waals surface area contributed by atoms with E-state index in [0.717, 1.165) is 0 Å². The quantitative estimate of drug-likeness (QED) is 0.515. The molecule has 0 aliphatic heterocycles. The van der Waals surface area contributed by atoms with Crippen LogP contribution in [-0.4, -0.2) is 54.0 Å². The van der Waals surface area contributed by atoms with Gasteiger partial charge in [0.25, 0.3) is 5.91 Å². The summed E-state index contributed by atoms with van der Waals surface area (Å²) in [7, 11) is 0. The lowest BCUT2D eigenvalue weighted by Gasteiger charge is -2.22. The number of ketones is 2. The first kappa shape index (κ1) is 17.8. The largest absolute Gasteiger partial charge is 0.395 e. The molecular weight excluding hydrogens is 336 g/mol. The number of nitrogens with one attached hydrogen (secondary N) is 2. The summed E-state index contributed by atoms with van der Waals surface area (Å²) in [4.78, 5) is 38.2. The van der Waals surface area contributed by atoms with Gasteiger partial charge in [-0.25, -0.2) is 0 Å². The number of benzene rings is 2. The molecule has 1 aliphatic rings. The highest BCUT2D eigenvalue weighted by atomic mass is 16.3. The summed E-state index contributed by atoms with van der Waals surface area (Å²) in [5.41, 5.74) is 1.33. The third-order valence-corrected chi connectivity index (χ3v) is 4.15. The highest BCUT2D eigenvalue weighted by Crippen LogP contribution is 2.34. The minimum atomic E-state index is -0.485. The van der Waals surface area contributed by atoms with Gasteiger partial charge in [-0.3, -0.25) is 14.4 Å². The van der Waals surface area contributed by atoms with E-state index in [4.69, 9.17) is 10.2 Å². The zero-order chi connectivity index (χ0) is 18.7. The van der Waals surface area contributed by atoms with Crippen molar-refractivity contribution in [3.8, 4) is 0 Å². The Morgan fingerprint density at radius 2 is 1.50 bits per heavy atom. The molecular formula is C19H18N2O5. The van der Waals surface area contributed by atoms with Gasteiger partial charge in [0.1, 0.15) is 0 Å². The van der Waals surface area contributed by atoms with Crippen LogP contribution >= 0.6 is 0 Å². The first-order valence-corrected chi connectivity index (χ1v) is 8.19. The molecule has 0 unspecified atom stereocenters. The van der Waals surface area contributed by atoms with Crippen molar-refractivity contribution in [2.24, 2.45) is 0 Å². The third-order valence-electron chi connectivity index (χ3n) is 4.15. The van der Waals surface area contributed by atoms with E-state index in [1.807, 2.05) is 0 Å². The second-order valence-corrected chi connectivity index (χ2v) is 5.74. The predicted molar refractivity (Wildman–Crippen MR) is 94.7 cm³/mol. The molecule has 0 aromatic heterocycles. The Kier molecular flexibility index (Phi) is 5.11. The van der Waals surface area contributed by atoms with Gasteiger partial charge in [0, 0.05) is 29.8 Å². The van der Waals surface area contributed by atoms with Gasteiger partial charge in [-0.15, -0.1) is 0 Å². The van der Waals surface area contributed by atoms with Crippen molar-refractivity contribution in [1.82, 2.24) is 5.32 Å². The van der Waals surface area contributed by atoms with E-state index < -0.39 is 5.91 Å². The van der Waals surface area contributed by atoms with Gasteiger partial charge >= 0.3 is 0 Å². The number of rotatable bonds is 6. The number of fused-ring (bicyclic) bond motifs is 2. The molecule has 0 heterocycles. The topological polar surface area (TPSA) is 116 Å². The van der Waals surface area contributed by atoms with Crippen molar-refractivity contribution in [2.45, 2.75) is 0 Å². The minimum Gasteiger partial charge on any atom is -0.395 e. The van der Waals surface area contributed by atoms with Gasteiger partial charge in [-0.2, -0.15) is 0 Å². The summed E-state index contributed by atoms with van der Waals surface area (Å²) < 4.78 is 0. The molecule has 0 fully saturated rings. The van der Waals surface area contributed by atoms with Crippen LogP contribution in [0.4, 0.5) is 5.69 Å². The van der Waals surface area contributed by atoms with E-state index in [1.54, 1.807) is 24.3 Å². The lowest BCUT2D eigenvalue weighted by molar-refractivity contribution is 0.0943. The Hall–Kier alpha value is -3.03. The molecule has 0 saturated carbocycles. The average molecular weight is 354 g/mol. The van der Waals surface area contributed by atoms with Crippen molar-refractivity contribution < 1.29 is 24.6 Å². The highest BCUT2D eigenvalue weighted by Gasteiger charge is 2.33. The fourth-order valence-corrected chi connectivity index (χ4v) is 3.00. The standard InChI is InChI=1S/C19H18N2O5/c22-9-7-20-16-14(19(26)21-8-10-23)6-5-13-15(16)18(25)12-4-2-1-3-11(12)17(13)24/h1-6,20,22-23H,7-10H2,(H,21,26). The fourth-order valence-electron chi connectivity index (χ4n) is 3.00. The molecule has 7 nitrogen and oxygen atoms in total. The van der Waals surface area contributed by atoms with Gasteiger partial charge in [0.2, 0.25) is 0 Å². The summed E-state index contributed by atoms with van der Waals surface area (Å²) in [6, 6.07) is 9.46. The number of aliphatic hydroxyl groups excluding tert-OH is 2. The third kappa shape index (κ3) is 2.98. The van der Waals surface area contributed by atoms with Crippen LogP contribution in [-0.2, 0) is 0 Å². The van der Waals surface area contributed by atoms with Crippen molar-refractivity contribution in [2.75, 3.05) is 31.6 Å². The lowest BCUT2D eigenvalue weighted by atomic mass is 9.82. The number of carbonyl (C=O) groups excluding carboxylic acids is 3. The Morgan fingerprint density at radius 3 is 2.15 bits per heavy atom. The van der Waals surface area contributed by atoms with Crippen LogP contribution < -0.4 is 10.6 Å². The van der Waals surface area contributed by atoms with Crippen LogP contribution in [0.15, 0.2) is 36.4 Å². The minimum absolute atomic E-state index is 0.0606. The SMILES string of the molecule is O=C(NCCO)c1ccc2c(c1NCCO)C(=O)c1ccccc1C2=O. The maximum atomic E-state index is 13.0. The van der Waals surface area contributed by atoms with E-state index in [1.165, 1.54) is 12.1 Å². The van der Waals surface area contributed by atoms with E-state index in [0.29, 0.717) is 5.56 Å². The maximum Gasteiger partial charge on any atom is 0.253 e. The average Bonchev–Trinajstić information content (AvgIpc) is 2.67. The fraction of sp³-hybridized carbons (Fsp3) is 0.211. The van der Waals surface area contributed by atoms with E-state index in [-0.39, 0.29) is 65.8 Å². The zero-order valence-corrected chi connectivity index (χ0v) is 13.9. The Labute approximate surface area is 149 Å². The highest BCUT2D eigenvalue weighted by molar-refractivity contribution is 6.31. The number of hydrogen-bond acceptors (Lipinski definition) is 6. The molecule has 7 heteroatoms. The number of hydrogen-bond donors (Lipinski definition) is 4. The Morgan fingerprint density at radius 1 is 0.846 bits per heavy atom. The second-order valence-electron chi connectivity index (χ2n) is 5.74. The molecule has 0 bridgehead atoms. The van der Waals surface area contributed by atoms with Gasteiger partial charge in [-0.05, 0) is 12.1 Å². The first-order valence-electron chi connectivity index (χ1n) is 8.19. The van der Waals surface area contributed by atoms with Crippen LogP contribution in [0.25, 0.3) is 0 Å². The molecule has 0 radical (unpaired) electrons. The van der Waals surface area contributed by atoms with Gasteiger partial charge in [-0.1, -0.05) is 24.3 Å². The van der Waals surface area contributed by atoms with Gasteiger partial charge in [0.15, 0.2) is 11.6 Å². The monoisotopic (exact) mass is 354 g/mol. The maximum absolute atomic E-state index is 13.0. The number of anilines is 1. The number of carbonyl (C=O) groups is 3. The summed E-state index contributed by atoms with van der Waals surface area (Å²) in [6.45, 7) is -0.258. The van der Waals surface area contributed by atoms with Gasteiger partial charge in [0.05, 0.1) is 30.0 Å². The lowest BCUT2D eigenvalue weighted by Crippen LogP contribution is -2.30. The molecule has 2 aromatic rings. The first-order chi connectivity index (χ1) is 12.6. The Bertz CT molecular complexity index is 891. The van der Waals surface area contributed by atoms with Crippen molar-refractivity contribution in [3.05, 3.63) is 64.2 Å². The smallest absolute Gasteiger partial charge is 0.253 e. The summed E-state index contributed by atoms with van der Waals surface area (Å²) in [5.74, 6) is -1.13. The molecule has 0 saturated heterocycles. The zero-order valence-electron chi connectivity index (χ0n) is 13.9.